The van der Waals surface area contributed by atoms with Gasteiger partial charge in [-0.15, -0.1) is 10.2 Å². The van der Waals surface area contributed by atoms with Gasteiger partial charge in [-0.3, -0.25) is 14.3 Å². The van der Waals surface area contributed by atoms with Crippen LogP contribution < -0.4 is 5.32 Å². The molecular formula is C22H18ClN5OS. The average molecular weight is 436 g/mol. The van der Waals surface area contributed by atoms with Crippen molar-refractivity contribution in [2.75, 3.05) is 11.1 Å². The Morgan fingerprint density at radius 1 is 1.10 bits per heavy atom. The molecule has 1 N–H and O–H groups in total. The van der Waals surface area contributed by atoms with E-state index in [1.165, 1.54) is 11.8 Å². The Morgan fingerprint density at radius 3 is 2.73 bits per heavy atom. The molecule has 150 valence electrons. The lowest BCUT2D eigenvalue weighted by Crippen LogP contribution is -2.15. The molecule has 8 heteroatoms. The first-order valence-electron chi connectivity index (χ1n) is 9.22. The van der Waals surface area contributed by atoms with Gasteiger partial charge in [-0.1, -0.05) is 47.6 Å². The van der Waals surface area contributed by atoms with Gasteiger partial charge in [-0.25, -0.2) is 0 Å². The van der Waals surface area contributed by atoms with Gasteiger partial charge in [0, 0.05) is 28.7 Å². The van der Waals surface area contributed by atoms with Crippen molar-refractivity contribution in [1.29, 1.82) is 0 Å². The molecule has 0 bridgehead atoms. The number of amides is 1. The lowest BCUT2D eigenvalue weighted by atomic mass is 10.2. The van der Waals surface area contributed by atoms with Crippen LogP contribution in [0.4, 0.5) is 5.69 Å². The number of nitrogens with zero attached hydrogens (tertiary/aromatic N) is 4. The highest BCUT2D eigenvalue weighted by molar-refractivity contribution is 7.99. The van der Waals surface area contributed by atoms with Crippen LogP contribution in [0.5, 0.6) is 0 Å². The fraction of sp³-hybridized carbons (Fsp3) is 0.0909. The highest BCUT2D eigenvalue weighted by atomic mass is 35.5. The second kappa shape index (κ2) is 9.11. The number of hydrogen-bond acceptors (Lipinski definition) is 5. The van der Waals surface area contributed by atoms with E-state index < -0.39 is 0 Å². The van der Waals surface area contributed by atoms with Crippen molar-refractivity contribution < 1.29 is 4.79 Å². The van der Waals surface area contributed by atoms with Crippen molar-refractivity contribution in [2.45, 2.75) is 12.1 Å². The minimum Gasteiger partial charge on any atom is -0.325 e. The number of para-hydroxylation sites is 1. The Labute approximate surface area is 183 Å². The molecule has 0 saturated heterocycles. The summed E-state index contributed by atoms with van der Waals surface area (Å²) >= 11 is 7.52. The Bertz CT molecular complexity index is 1180. The Morgan fingerprint density at radius 2 is 1.97 bits per heavy atom. The number of halogens is 1. The first kappa shape index (κ1) is 20.1. The first-order valence-corrected chi connectivity index (χ1v) is 10.6. The number of aryl methyl sites for hydroxylation is 1. The van der Waals surface area contributed by atoms with Crippen LogP contribution in [0.15, 0.2) is 78.2 Å². The molecule has 0 fully saturated rings. The molecule has 0 unspecified atom stereocenters. The maximum absolute atomic E-state index is 12.5. The van der Waals surface area contributed by atoms with E-state index in [4.69, 9.17) is 11.6 Å². The van der Waals surface area contributed by atoms with Crippen molar-refractivity contribution in [3.8, 4) is 17.1 Å². The summed E-state index contributed by atoms with van der Waals surface area (Å²) in [5.74, 6) is 0.713. The summed E-state index contributed by atoms with van der Waals surface area (Å²) in [5, 5.41) is 12.8. The van der Waals surface area contributed by atoms with Gasteiger partial charge in [-0.05, 0) is 48.9 Å². The Balaban J connectivity index is 1.61. The van der Waals surface area contributed by atoms with Crippen LogP contribution in [0.2, 0.25) is 5.02 Å². The van der Waals surface area contributed by atoms with Crippen LogP contribution in [0.3, 0.4) is 0 Å². The molecule has 6 nitrogen and oxygen atoms in total. The summed E-state index contributed by atoms with van der Waals surface area (Å²) in [5.41, 5.74) is 3.45. The smallest absolute Gasteiger partial charge is 0.234 e. The highest BCUT2D eigenvalue weighted by Crippen LogP contribution is 2.29. The number of carbonyl (C=O) groups excluding carboxylic acids is 1. The lowest BCUT2D eigenvalue weighted by molar-refractivity contribution is -0.113. The summed E-state index contributed by atoms with van der Waals surface area (Å²) in [6.45, 7) is 1.96. The van der Waals surface area contributed by atoms with E-state index in [1.807, 2.05) is 72.2 Å². The van der Waals surface area contributed by atoms with Gasteiger partial charge >= 0.3 is 0 Å². The Kier molecular flexibility index (Phi) is 6.11. The zero-order valence-electron chi connectivity index (χ0n) is 16.1. The number of nitrogens with one attached hydrogen (secondary N) is 1. The van der Waals surface area contributed by atoms with E-state index in [1.54, 1.807) is 12.4 Å². The molecule has 0 aliphatic carbocycles. The number of aromatic nitrogens is 4. The normalized spacial score (nSPS) is 10.7. The topological polar surface area (TPSA) is 72.7 Å². The molecule has 30 heavy (non-hydrogen) atoms. The molecule has 0 saturated carbocycles. The maximum Gasteiger partial charge on any atom is 0.234 e. The lowest BCUT2D eigenvalue weighted by Gasteiger charge is -2.11. The third kappa shape index (κ3) is 4.53. The predicted molar refractivity (Wildman–Crippen MR) is 120 cm³/mol. The number of thioether (sulfide) groups is 1. The minimum atomic E-state index is -0.113. The first-order chi connectivity index (χ1) is 14.6. The molecule has 2 aromatic carbocycles. The molecular weight excluding hydrogens is 418 g/mol. The highest BCUT2D eigenvalue weighted by Gasteiger charge is 2.18. The summed E-state index contributed by atoms with van der Waals surface area (Å²) in [6, 6.07) is 18.9. The SMILES string of the molecule is Cc1ccccc1NC(=O)CSc1nnc(-c2cccnc2)n1-c1cccc(Cl)c1. The number of benzene rings is 2. The van der Waals surface area contributed by atoms with E-state index in [0.29, 0.717) is 16.0 Å². The molecule has 4 aromatic rings. The third-order valence-corrected chi connectivity index (χ3v) is 5.54. The average Bonchev–Trinajstić information content (AvgIpc) is 3.18. The van der Waals surface area contributed by atoms with Crippen molar-refractivity contribution in [3.63, 3.8) is 0 Å². The summed E-state index contributed by atoms with van der Waals surface area (Å²) in [6.07, 6.45) is 3.43. The van der Waals surface area contributed by atoms with Crippen molar-refractivity contribution >= 4 is 35.0 Å². The molecule has 4 rings (SSSR count). The summed E-state index contributed by atoms with van der Waals surface area (Å²) in [7, 11) is 0. The van der Waals surface area contributed by atoms with Gasteiger partial charge in [0.25, 0.3) is 0 Å². The van der Waals surface area contributed by atoms with Crippen LogP contribution in [0.25, 0.3) is 17.1 Å². The van der Waals surface area contributed by atoms with E-state index in [2.05, 4.69) is 20.5 Å². The number of hydrogen-bond donors (Lipinski definition) is 1. The summed E-state index contributed by atoms with van der Waals surface area (Å²) < 4.78 is 1.88. The number of carbonyl (C=O) groups is 1. The van der Waals surface area contributed by atoms with Gasteiger partial charge in [0.15, 0.2) is 11.0 Å². The molecule has 1 amide bonds. The quantitative estimate of drug-likeness (QED) is 0.430. The fourth-order valence-electron chi connectivity index (χ4n) is 2.92. The van der Waals surface area contributed by atoms with Crippen LogP contribution in [0, 0.1) is 6.92 Å². The zero-order valence-corrected chi connectivity index (χ0v) is 17.7. The van der Waals surface area contributed by atoms with Crippen molar-refractivity contribution in [2.24, 2.45) is 0 Å². The number of rotatable bonds is 6. The van der Waals surface area contributed by atoms with Gasteiger partial charge < -0.3 is 5.32 Å². The molecule has 0 aliphatic rings. The van der Waals surface area contributed by atoms with E-state index in [0.717, 1.165) is 22.5 Å². The van der Waals surface area contributed by atoms with E-state index in [9.17, 15) is 4.79 Å². The van der Waals surface area contributed by atoms with E-state index in [-0.39, 0.29) is 11.7 Å². The monoisotopic (exact) mass is 435 g/mol. The second-order valence-electron chi connectivity index (χ2n) is 6.51. The standard InChI is InChI=1S/C22H18ClN5OS/c1-15-6-2-3-10-19(15)25-20(29)14-30-22-27-26-21(16-7-5-11-24-13-16)28(22)18-9-4-8-17(23)12-18/h2-13H,14H2,1H3,(H,25,29). The van der Waals surface area contributed by atoms with Crippen LogP contribution in [-0.2, 0) is 4.79 Å². The number of anilines is 1. The molecule has 0 atom stereocenters. The maximum atomic E-state index is 12.5. The largest absolute Gasteiger partial charge is 0.325 e. The van der Waals surface area contributed by atoms with Gasteiger partial charge in [0.05, 0.1) is 11.4 Å². The van der Waals surface area contributed by atoms with Crippen molar-refractivity contribution in [1.82, 2.24) is 19.7 Å². The van der Waals surface area contributed by atoms with Gasteiger partial charge in [0.1, 0.15) is 0 Å². The van der Waals surface area contributed by atoms with Crippen LogP contribution in [-0.4, -0.2) is 31.4 Å². The second-order valence-corrected chi connectivity index (χ2v) is 7.89. The van der Waals surface area contributed by atoms with Gasteiger partial charge in [0.2, 0.25) is 5.91 Å². The molecule has 0 aliphatic heterocycles. The molecule has 0 radical (unpaired) electrons. The third-order valence-electron chi connectivity index (χ3n) is 4.37. The zero-order chi connectivity index (χ0) is 20.9. The molecule has 2 aromatic heterocycles. The fourth-order valence-corrected chi connectivity index (χ4v) is 3.86. The summed E-state index contributed by atoms with van der Waals surface area (Å²) in [4.78, 5) is 16.7. The van der Waals surface area contributed by atoms with Crippen LogP contribution in [0.1, 0.15) is 5.56 Å². The van der Waals surface area contributed by atoms with Gasteiger partial charge in [-0.2, -0.15) is 0 Å². The predicted octanol–water partition coefficient (Wildman–Crippen LogP) is 5.02. The van der Waals surface area contributed by atoms with Crippen molar-refractivity contribution in [3.05, 3.63) is 83.6 Å². The molecule has 2 heterocycles. The van der Waals surface area contributed by atoms with E-state index >= 15 is 0 Å². The number of pyridine rings is 1. The minimum absolute atomic E-state index is 0.113. The van der Waals surface area contributed by atoms with Crippen LogP contribution >= 0.6 is 23.4 Å². The molecule has 0 spiro atoms. The Hall–Kier alpha value is -3.16.